The Hall–Kier alpha value is -2.24. The van der Waals surface area contributed by atoms with Crippen LogP contribution in [-0.2, 0) is 9.59 Å². The number of hydrogen-bond acceptors (Lipinski definition) is 4. The molecule has 0 aliphatic carbocycles. The van der Waals surface area contributed by atoms with E-state index in [1.54, 1.807) is 18.2 Å². The third-order valence-corrected chi connectivity index (χ3v) is 3.08. The molecule has 1 heterocycles. The van der Waals surface area contributed by atoms with Crippen molar-refractivity contribution >= 4 is 11.9 Å². The van der Waals surface area contributed by atoms with Gasteiger partial charge in [0.15, 0.2) is 18.1 Å². The third-order valence-electron chi connectivity index (χ3n) is 3.08. The van der Waals surface area contributed by atoms with E-state index in [1.165, 1.54) is 4.90 Å². The maximum Gasteiger partial charge on any atom is 0.310 e. The van der Waals surface area contributed by atoms with Gasteiger partial charge in [-0.3, -0.25) is 9.59 Å². The fourth-order valence-electron chi connectivity index (χ4n) is 1.91. The molecule has 108 valence electrons. The van der Waals surface area contributed by atoms with Gasteiger partial charge in [-0.25, -0.2) is 0 Å². The molecule has 1 fully saturated rings. The summed E-state index contributed by atoms with van der Waals surface area (Å²) in [5, 5.41) is 8.75. The van der Waals surface area contributed by atoms with Gasteiger partial charge in [-0.15, -0.1) is 0 Å². The molecular weight excluding hydrogens is 262 g/mol. The Labute approximate surface area is 116 Å². The normalized spacial score (nSPS) is 14.6. The van der Waals surface area contributed by atoms with Crippen molar-refractivity contribution < 1.29 is 24.2 Å². The number of nitrogens with zero attached hydrogens (tertiary/aromatic N) is 1. The first-order valence-electron chi connectivity index (χ1n) is 6.47. The number of hydrogen-bond donors (Lipinski definition) is 1. The van der Waals surface area contributed by atoms with Crippen LogP contribution in [0.2, 0.25) is 0 Å². The molecule has 20 heavy (non-hydrogen) atoms. The molecular formula is C14H17NO5. The molecule has 1 saturated heterocycles. The van der Waals surface area contributed by atoms with Crippen molar-refractivity contribution in [2.75, 3.05) is 26.3 Å². The lowest BCUT2D eigenvalue weighted by atomic mass is 10.0. The van der Waals surface area contributed by atoms with Gasteiger partial charge in [0.1, 0.15) is 0 Å². The number of benzene rings is 1. The highest BCUT2D eigenvalue weighted by molar-refractivity contribution is 5.82. The van der Waals surface area contributed by atoms with Crippen molar-refractivity contribution in [3.63, 3.8) is 0 Å². The molecule has 0 spiro atoms. The Morgan fingerprint density at radius 3 is 2.40 bits per heavy atom. The lowest BCUT2D eigenvalue weighted by Crippen LogP contribution is -2.54. The van der Waals surface area contributed by atoms with Gasteiger partial charge in [0.25, 0.3) is 5.91 Å². The molecule has 1 N–H and O–H groups in total. The van der Waals surface area contributed by atoms with Crippen LogP contribution in [0.5, 0.6) is 11.5 Å². The molecule has 0 radical (unpaired) electrons. The first kappa shape index (κ1) is 14.2. The fraction of sp³-hybridized carbons (Fsp3) is 0.429. The van der Waals surface area contributed by atoms with Gasteiger partial charge in [0, 0.05) is 13.1 Å². The number of likely N-dealkylation sites (tertiary alicyclic amines) is 1. The van der Waals surface area contributed by atoms with Crippen LogP contribution >= 0.6 is 0 Å². The Morgan fingerprint density at radius 2 is 1.85 bits per heavy atom. The van der Waals surface area contributed by atoms with E-state index >= 15 is 0 Å². The van der Waals surface area contributed by atoms with Gasteiger partial charge in [-0.2, -0.15) is 0 Å². The van der Waals surface area contributed by atoms with Crippen LogP contribution in [0.1, 0.15) is 6.92 Å². The summed E-state index contributed by atoms with van der Waals surface area (Å²) in [6.07, 6.45) is 0. The quantitative estimate of drug-likeness (QED) is 0.841. The number of carbonyl (C=O) groups is 2. The van der Waals surface area contributed by atoms with Crippen LogP contribution in [0.4, 0.5) is 0 Å². The van der Waals surface area contributed by atoms with Crippen LogP contribution in [0.3, 0.4) is 0 Å². The molecule has 0 bridgehead atoms. The minimum Gasteiger partial charge on any atom is -0.490 e. The van der Waals surface area contributed by atoms with E-state index in [4.69, 9.17) is 14.6 Å². The Kier molecular flexibility index (Phi) is 4.45. The van der Waals surface area contributed by atoms with Crippen molar-refractivity contribution in [3.05, 3.63) is 24.3 Å². The zero-order valence-electron chi connectivity index (χ0n) is 11.2. The molecule has 1 aliphatic heterocycles. The molecule has 6 nitrogen and oxygen atoms in total. The summed E-state index contributed by atoms with van der Waals surface area (Å²) < 4.78 is 10.8. The molecule has 0 saturated carbocycles. The number of aliphatic carboxylic acids is 1. The summed E-state index contributed by atoms with van der Waals surface area (Å²) in [4.78, 5) is 23.9. The van der Waals surface area contributed by atoms with Crippen molar-refractivity contribution in [2.45, 2.75) is 6.92 Å². The summed E-state index contributed by atoms with van der Waals surface area (Å²) in [6, 6.07) is 7.13. The van der Waals surface area contributed by atoms with Crippen LogP contribution in [0.25, 0.3) is 0 Å². The Balaban J connectivity index is 1.84. The first-order valence-corrected chi connectivity index (χ1v) is 6.47. The Bertz CT molecular complexity index is 496. The van der Waals surface area contributed by atoms with E-state index in [0.717, 1.165) is 0 Å². The molecule has 1 aromatic rings. The van der Waals surface area contributed by atoms with E-state index in [0.29, 0.717) is 18.1 Å². The summed E-state index contributed by atoms with van der Waals surface area (Å²) in [5.74, 6) is -0.423. The zero-order chi connectivity index (χ0) is 14.5. The smallest absolute Gasteiger partial charge is 0.310 e. The number of amides is 1. The van der Waals surface area contributed by atoms with Crippen LogP contribution in [0.15, 0.2) is 24.3 Å². The average molecular weight is 279 g/mol. The predicted molar refractivity (Wildman–Crippen MR) is 70.8 cm³/mol. The standard InChI is InChI=1S/C14H17NO5/c1-2-19-11-5-3-4-6-12(11)20-9-13(16)15-7-10(8-15)14(17)18/h3-6,10H,2,7-9H2,1H3,(H,17,18). The number of carbonyl (C=O) groups excluding carboxylic acids is 1. The van der Waals surface area contributed by atoms with E-state index in [-0.39, 0.29) is 25.6 Å². The summed E-state index contributed by atoms with van der Waals surface area (Å²) in [5.41, 5.74) is 0. The van der Waals surface area contributed by atoms with Crippen LogP contribution in [0, 0.1) is 5.92 Å². The summed E-state index contributed by atoms with van der Waals surface area (Å²) in [6.45, 7) is 2.78. The molecule has 1 aliphatic rings. The first-order chi connectivity index (χ1) is 9.61. The lowest BCUT2D eigenvalue weighted by molar-refractivity contribution is -0.153. The molecule has 1 amide bonds. The van der Waals surface area contributed by atoms with Gasteiger partial charge < -0.3 is 19.5 Å². The third kappa shape index (κ3) is 3.20. The van der Waals surface area contributed by atoms with Crippen molar-refractivity contribution in [3.8, 4) is 11.5 Å². The average Bonchev–Trinajstić information content (AvgIpc) is 2.36. The minimum atomic E-state index is -0.864. The van der Waals surface area contributed by atoms with Gasteiger partial charge in [0.2, 0.25) is 0 Å². The number of carboxylic acids is 1. The molecule has 0 aromatic heterocycles. The highest BCUT2D eigenvalue weighted by atomic mass is 16.5. The van der Waals surface area contributed by atoms with Gasteiger partial charge in [-0.05, 0) is 19.1 Å². The van der Waals surface area contributed by atoms with E-state index in [9.17, 15) is 9.59 Å². The maximum atomic E-state index is 11.8. The number of carboxylic acid groups (broad SMARTS) is 1. The second-order valence-electron chi connectivity index (χ2n) is 4.50. The fourth-order valence-corrected chi connectivity index (χ4v) is 1.91. The molecule has 2 rings (SSSR count). The van der Waals surface area contributed by atoms with Gasteiger partial charge in [-0.1, -0.05) is 12.1 Å². The predicted octanol–water partition coefficient (Wildman–Crippen LogP) is 1.01. The largest absolute Gasteiger partial charge is 0.490 e. The van der Waals surface area contributed by atoms with Crippen LogP contribution < -0.4 is 9.47 Å². The number of ether oxygens (including phenoxy) is 2. The molecule has 0 atom stereocenters. The number of para-hydroxylation sites is 2. The number of rotatable bonds is 6. The van der Waals surface area contributed by atoms with E-state index in [2.05, 4.69) is 0 Å². The lowest BCUT2D eigenvalue weighted by Gasteiger charge is -2.36. The minimum absolute atomic E-state index is 0.115. The molecule has 6 heteroatoms. The van der Waals surface area contributed by atoms with Crippen molar-refractivity contribution in [2.24, 2.45) is 5.92 Å². The van der Waals surface area contributed by atoms with E-state index < -0.39 is 11.9 Å². The van der Waals surface area contributed by atoms with Gasteiger partial charge in [0.05, 0.1) is 12.5 Å². The van der Waals surface area contributed by atoms with Crippen LogP contribution in [-0.4, -0.2) is 48.2 Å². The van der Waals surface area contributed by atoms with Gasteiger partial charge >= 0.3 is 5.97 Å². The zero-order valence-corrected chi connectivity index (χ0v) is 11.2. The van der Waals surface area contributed by atoms with E-state index in [1.807, 2.05) is 13.0 Å². The Morgan fingerprint density at radius 1 is 1.25 bits per heavy atom. The summed E-state index contributed by atoms with van der Waals surface area (Å²) in [7, 11) is 0. The SMILES string of the molecule is CCOc1ccccc1OCC(=O)N1CC(C(=O)O)C1. The van der Waals surface area contributed by atoms with Crippen molar-refractivity contribution in [1.29, 1.82) is 0 Å². The van der Waals surface area contributed by atoms with Crippen molar-refractivity contribution in [1.82, 2.24) is 4.90 Å². The maximum absolute atomic E-state index is 11.8. The second kappa shape index (κ2) is 6.27. The molecule has 0 unspecified atom stereocenters. The second-order valence-corrected chi connectivity index (χ2v) is 4.50. The molecule has 1 aromatic carbocycles. The topological polar surface area (TPSA) is 76.1 Å². The monoisotopic (exact) mass is 279 g/mol. The summed E-state index contributed by atoms with van der Waals surface area (Å²) >= 11 is 0. The highest BCUT2D eigenvalue weighted by Crippen LogP contribution is 2.26. The highest BCUT2D eigenvalue weighted by Gasteiger charge is 2.35.